The van der Waals surface area contributed by atoms with Gasteiger partial charge in [0.25, 0.3) is 0 Å². The van der Waals surface area contributed by atoms with Gasteiger partial charge in [0.1, 0.15) is 23.7 Å². The molecule has 0 saturated heterocycles. The van der Waals surface area contributed by atoms with Crippen LogP contribution in [0.15, 0.2) is 54.9 Å². The van der Waals surface area contributed by atoms with E-state index in [0.717, 1.165) is 5.56 Å². The lowest BCUT2D eigenvalue weighted by Crippen LogP contribution is -2.58. The second-order valence-electron chi connectivity index (χ2n) is 16.7. The summed E-state index contributed by atoms with van der Waals surface area (Å²) in [5.74, 6) is -3.37. The van der Waals surface area contributed by atoms with Gasteiger partial charge in [-0.15, -0.1) is 0 Å². The van der Waals surface area contributed by atoms with Crippen molar-refractivity contribution in [2.24, 2.45) is 11.8 Å². The molecule has 17 heteroatoms. The van der Waals surface area contributed by atoms with Crippen LogP contribution in [0.25, 0.3) is 0 Å². The molecule has 0 aliphatic rings. The number of amides is 5. The third-order valence-electron chi connectivity index (χ3n) is 9.00. The zero-order chi connectivity index (χ0) is 45.0. The Hall–Kier alpha value is -5.13. The monoisotopic (exact) mass is 842 g/mol. The van der Waals surface area contributed by atoms with E-state index in [1.807, 2.05) is 33.8 Å². The molecule has 0 bridgehead atoms. The summed E-state index contributed by atoms with van der Waals surface area (Å²) in [6.45, 7) is 13.8. The smallest absolute Gasteiger partial charge is 0.408 e. The van der Waals surface area contributed by atoms with E-state index in [9.17, 15) is 39.0 Å². The quantitative estimate of drug-likeness (QED) is 0.0755. The molecule has 1 aromatic heterocycles. The number of esters is 1. The molecule has 60 heavy (non-hydrogen) atoms. The van der Waals surface area contributed by atoms with Crippen LogP contribution < -0.4 is 26.6 Å². The summed E-state index contributed by atoms with van der Waals surface area (Å²) in [6, 6.07) is 7.16. The van der Waals surface area contributed by atoms with Crippen LogP contribution in [0.3, 0.4) is 0 Å². The maximum atomic E-state index is 14.0. The minimum Gasteiger partial charge on any atom is -0.469 e. The molecule has 334 valence electrons. The molecule has 0 fully saturated rings. The molecule has 5 amide bonds. The Morgan fingerprint density at radius 3 is 1.82 bits per heavy atom. The molecule has 1 heterocycles. The van der Waals surface area contributed by atoms with E-state index < -0.39 is 90.1 Å². The molecule has 7 atom stereocenters. The maximum Gasteiger partial charge on any atom is 0.408 e. The highest BCUT2D eigenvalue weighted by molar-refractivity contribution is 5.92. The number of hydrogen-bond acceptors (Lipinski definition) is 12. The number of aliphatic hydroxyl groups is 2. The molecule has 0 radical (unpaired) electrons. The Balaban J connectivity index is 2.25. The first-order valence-corrected chi connectivity index (χ1v) is 20.3. The lowest BCUT2D eigenvalue weighted by Gasteiger charge is -2.29. The van der Waals surface area contributed by atoms with Gasteiger partial charge in [0.05, 0.1) is 57.5 Å². The standard InChI is InChI=1S/C43H66N6O11/c1-26(2)18-31(35(50)21-37(52)45-28(5)39(54)46-32(19-27(3)4)36(51)22-38(53)58-9)47-41(56)34(25-59-24-30-16-13-17-44-23-30)48-40(55)33(20-29-14-11-10-12-15-29)49-42(57)60-43(6,7)8/h10-17,23,26-28,31-36,50-51H,18-22,24-25H2,1-9H3,(H,45,52)(H,46,54)(H,47,56)(H,48,55)(H,49,57)/t28-,31-,32-,33-,34-,35-,36-/m0/s1. The van der Waals surface area contributed by atoms with Crippen LogP contribution in [0.5, 0.6) is 0 Å². The highest BCUT2D eigenvalue weighted by atomic mass is 16.6. The topological polar surface area (TPSA) is 244 Å². The van der Waals surface area contributed by atoms with Crippen molar-refractivity contribution in [1.82, 2.24) is 31.6 Å². The van der Waals surface area contributed by atoms with Crippen molar-refractivity contribution in [3.8, 4) is 0 Å². The van der Waals surface area contributed by atoms with Crippen LogP contribution in [0.4, 0.5) is 4.79 Å². The van der Waals surface area contributed by atoms with Crippen molar-refractivity contribution in [3.05, 3.63) is 66.0 Å². The highest BCUT2D eigenvalue weighted by Crippen LogP contribution is 2.15. The number of carbonyl (C=O) groups excluding carboxylic acids is 6. The van der Waals surface area contributed by atoms with Gasteiger partial charge in [0, 0.05) is 18.8 Å². The average Bonchev–Trinajstić information content (AvgIpc) is 3.16. The molecular formula is C43H66N6O11. The fourth-order valence-electron chi connectivity index (χ4n) is 6.07. The number of nitrogens with zero attached hydrogens (tertiary/aromatic N) is 1. The van der Waals surface area contributed by atoms with Gasteiger partial charge in [-0.05, 0) is 69.6 Å². The van der Waals surface area contributed by atoms with Crippen molar-refractivity contribution in [3.63, 3.8) is 0 Å². The average molecular weight is 843 g/mol. The molecule has 0 aliphatic heterocycles. The molecule has 17 nitrogen and oxygen atoms in total. The van der Waals surface area contributed by atoms with E-state index in [1.54, 1.807) is 69.6 Å². The minimum atomic E-state index is -1.42. The molecule has 0 saturated carbocycles. The van der Waals surface area contributed by atoms with Crippen molar-refractivity contribution >= 4 is 35.7 Å². The number of carbonyl (C=O) groups is 6. The fraction of sp³-hybridized carbons (Fsp3) is 0.605. The number of nitrogens with one attached hydrogen (secondary N) is 5. The Bertz CT molecular complexity index is 1660. The molecule has 0 spiro atoms. The minimum absolute atomic E-state index is 0.0565. The van der Waals surface area contributed by atoms with Gasteiger partial charge in [0.2, 0.25) is 23.6 Å². The van der Waals surface area contributed by atoms with E-state index >= 15 is 0 Å². The third-order valence-corrected chi connectivity index (χ3v) is 9.00. The molecule has 0 unspecified atom stereocenters. The Labute approximate surface area is 353 Å². The molecule has 1 aromatic carbocycles. The van der Waals surface area contributed by atoms with E-state index in [4.69, 9.17) is 9.47 Å². The summed E-state index contributed by atoms with van der Waals surface area (Å²) < 4.78 is 15.9. The normalized spacial score (nSPS) is 15.0. The number of methoxy groups -OCH3 is 1. The second kappa shape index (κ2) is 25.5. The zero-order valence-electron chi connectivity index (χ0n) is 36.4. The van der Waals surface area contributed by atoms with E-state index in [2.05, 4.69) is 36.3 Å². The van der Waals surface area contributed by atoms with Gasteiger partial charge in [-0.1, -0.05) is 64.1 Å². The number of alkyl carbamates (subject to hydrolysis) is 1. The van der Waals surface area contributed by atoms with Gasteiger partial charge in [0.15, 0.2) is 0 Å². The molecule has 0 aliphatic carbocycles. The predicted octanol–water partition coefficient (Wildman–Crippen LogP) is 2.46. The van der Waals surface area contributed by atoms with Gasteiger partial charge in [-0.25, -0.2) is 4.79 Å². The first-order chi connectivity index (χ1) is 28.2. The first kappa shape index (κ1) is 51.0. The second-order valence-corrected chi connectivity index (χ2v) is 16.7. The first-order valence-electron chi connectivity index (χ1n) is 20.3. The lowest BCUT2D eigenvalue weighted by molar-refractivity contribution is -0.144. The summed E-state index contributed by atoms with van der Waals surface area (Å²) >= 11 is 0. The number of ether oxygens (including phenoxy) is 3. The van der Waals surface area contributed by atoms with Crippen molar-refractivity contribution < 1.29 is 53.2 Å². The lowest BCUT2D eigenvalue weighted by atomic mass is 9.96. The summed E-state index contributed by atoms with van der Waals surface area (Å²) in [7, 11) is 1.20. The Kier molecular flexibility index (Phi) is 21.7. The van der Waals surface area contributed by atoms with Gasteiger partial charge in [-0.2, -0.15) is 0 Å². The van der Waals surface area contributed by atoms with Crippen molar-refractivity contribution in [2.75, 3.05) is 13.7 Å². The van der Waals surface area contributed by atoms with Gasteiger partial charge in [-0.3, -0.25) is 29.0 Å². The third kappa shape index (κ3) is 20.2. The number of aromatic nitrogens is 1. The number of aliphatic hydroxyl groups excluding tert-OH is 2. The molecule has 7 N–H and O–H groups in total. The van der Waals surface area contributed by atoms with E-state index in [-0.39, 0.29) is 44.3 Å². The largest absolute Gasteiger partial charge is 0.469 e. The summed E-state index contributed by atoms with van der Waals surface area (Å²) in [5, 5.41) is 35.3. The van der Waals surface area contributed by atoms with Crippen LogP contribution in [-0.2, 0) is 51.2 Å². The Morgan fingerprint density at radius 2 is 1.27 bits per heavy atom. The summed E-state index contributed by atoms with van der Waals surface area (Å²) in [6.07, 6.45) is -0.446. The molecular weight excluding hydrogens is 777 g/mol. The van der Waals surface area contributed by atoms with Crippen LogP contribution in [0.2, 0.25) is 0 Å². The molecule has 2 rings (SSSR count). The van der Waals surface area contributed by atoms with Gasteiger partial charge >= 0.3 is 12.1 Å². The molecule has 2 aromatic rings. The fourth-order valence-corrected chi connectivity index (χ4v) is 6.07. The number of pyridine rings is 1. The van der Waals surface area contributed by atoms with Crippen LogP contribution in [-0.4, -0.2) is 113 Å². The predicted molar refractivity (Wildman–Crippen MR) is 223 cm³/mol. The summed E-state index contributed by atoms with van der Waals surface area (Å²) in [4.78, 5) is 82.9. The maximum absolute atomic E-state index is 14.0. The highest BCUT2D eigenvalue weighted by Gasteiger charge is 2.33. The van der Waals surface area contributed by atoms with Crippen LogP contribution >= 0.6 is 0 Å². The number of benzene rings is 1. The van der Waals surface area contributed by atoms with Crippen molar-refractivity contribution in [2.45, 2.75) is 142 Å². The number of rotatable bonds is 24. The van der Waals surface area contributed by atoms with E-state index in [1.165, 1.54) is 14.0 Å². The number of hydrogen-bond donors (Lipinski definition) is 7. The van der Waals surface area contributed by atoms with Gasteiger partial charge < -0.3 is 51.0 Å². The summed E-state index contributed by atoms with van der Waals surface area (Å²) in [5.41, 5.74) is 0.603. The van der Waals surface area contributed by atoms with E-state index in [0.29, 0.717) is 12.0 Å². The van der Waals surface area contributed by atoms with Crippen LogP contribution in [0, 0.1) is 11.8 Å². The SMILES string of the molecule is COC(=O)C[C@H](O)[C@H](CC(C)C)NC(=O)[C@H](C)NC(=O)C[C@H](O)[C@H](CC(C)C)NC(=O)[C@H](COCc1cccnc1)NC(=O)[C@H](Cc1ccccc1)NC(=O)OC(C)(C)C. The Morgan fingerprint density at radius 1 is 0.700 bits per heavy atom. The van der Waals surface area contributed by atoms with Crippen molar-refractivity contribution in [1.29, 1.82) is 0 Å². The van der Waals surface area contributed by atoms with Crippen LogP contribution in [0.1, 0.15) is 92.2 Å². The zero-order valence-corrected chi connectivity index (χ0v) is 36.4.